The predicted molar refractivity (Wildman–Crippen MR) is 95.8 cm³/mol. The van der Waals surface area contributed by atoms with E-state index in [1.807, 2.05) is 43.3 Å². The normalized spacial score (nSPS) is 14.8. The van der Waals surface area contributed by atoms with Crippen LogP contribution in [0, 0.1) is 0 Å². The second-order valence-electron chi connectivity index (χ2n) is 6.46. The highest BCUT2D eigenvalue weighted by Gasteiger charge is 2.29. The fourth-order valence-corrected chi connectivity index (χ4v) is 2.64. The van der Waals surface area contributed by atoms with E-state index in [1.165, 1.54) is 0 Å². The van der Waals surface area contributed by atoms with Crippen molar-refractivity contribution in [3.05, 3.63) is 47.8 Å². The van der Waals surface area contributed by atoms with E-state index in [9.17, 15) is 9.59 Å². The number of benzene rings is 1. The van der Waals surface area contributed by atoms with Crippen molar-refractivity contribution < 1.29 is 9.59 Å². The van der Waals surface area contributed by atoms with E-state index in [1.54, 1.807) is 11.6 Å². The van der Waals surface area contributed by atoms with Crippen molar-refractivity contribution in [3.8, 4) is 5.69 Å². The standard InChI is InChI=1S/C19H24N4O2/c1-3-11-20-18(24)13(2)21-19(25)17-12-16(14-9-10-14)22-23(17)15-7-5-4-6-8-15/h4-8,12-14H,3,9-11H2,1-2H3,(H,20,24)(H,21,25)/t13-/m1/s1. The van der Waals surface area contributed by atoms with Crippen molar-refractivity contribution in [1.29, 1.82) is 0 Å². The van der Waals surface area contributed by atoms with Gasteiger partial charge in [-0.2, -0.15) is 5.10 Å². The third-order valence-corrected chi connectivity index (χ3v) is 4.25. The topological polar surface area (TPSA) is 76.0 Å². The maximum absolute atomic E-state index is 12.7. The second kappa shape index (κ2) is 7.51. The summed E-state index contributed by atoms with van der Waals surface area (Å²) in [5, 5.41) is 10.2. The lowest BCUT2D eigenvalue weighted by atomic mass is 10.2. The first-order valence-corrected chi connectivity index (χ1v) is 8.84. The van der Waals surface area contributed by atoms with Crippen LogP contribution in [0.4, 0.5) is 0 Å². The molecule has 1 heterocycles. The molecule has 2 aromatic rings. The number of aromatic nitrogens is 2. The quantitative estimate of drug-likeness (QED) is 0.812. The minimum Gasteiger partial charge on any atom is -0.354 e. The van der Waals surface area contributed by atoms with Crippen molar-refractivity contribution in [2.24, 2.45) is 0 Å². The van der Waals surface area contributed by atoms with Gasteiger partial charge in [-0.15, -0.1) is 0 Å². The lowest BCUT2D eigenvalue weighted by Crippen LogP contribution is -2.45. The lowest BCUT2D eigenvalue weighted by Gasteiger charge is -2.14. The summed E-state index contributed by atoms with van der Waals surface area (Å²) in [4.78, 5) is 24.7. The van der Waals surface area contributed by atoms with Gasteiger partial charge in [0.15, 0.2) is 0 Å². The number of rotatable bonds is 7. The fourth-order valence-electron chi connectivity index (χ4n) is 2.64. The van der Waals surface area contributed by atoms with E-state index in [2.05, 4.69) is 15.7 Å². The summed E-state index contributed by atoms with van der Waals surface area (Å²) in [6, 6.07) is 10.8. The highest BCUT2D eigenvalue weighted by Crippen LogP contribution is 2.39. The van der Waals surface area contributed by atoms with Gasteiger partial charge in [0, 0.05) is 12.5 Å². The van der Waals surface area contributed by atoms with Crippen molar-refractivity contribution in [2.45, 2.75) is 45.1 Å². The first-order chi connectivity index (χ1) is 12.1. The van der Waals surface area contributed by atoms with Gasteiger partial charge in [0.05, 0.1) is 11.4 Å². The molecule has 1 atom stereocenters. The van der Waals surface area contributed by atoms with E-state index in [-0.39, 0.29) is 11.8 Å². The Bertz CT molecular complexity index is 750. The molecule has 132 valence electrons. The van der Waals surface area contributed by atoms with Crippen LogP contribution >= 0.6 is 0 Å². The summed E-state index contributed by atoms with van der Waals surface area (Å²) < 4.78 is 1.67. The molecule has 3 rings (SSSR count). The molecule has 1 aromatic carbocycles. The van der Waals surface area contributed by atoms with E-state index in [0.717, 1.165) is 30.6 Å². The van der Waals surface area contributed by atoms with Crippen LogP contribution in [0.5, 0.6) is 0 Å². The van der Waals surface area contributed by atoms with Crippen LogP contribution < -0.4 is 10.6 Å². The molecule has 1 aromatic heterocycles. The Hall–Kier alpha value is -2.63. The van der Waals surface area contributed by atoms with Crippen LogP contribution in [0.2, 0.25) is 0 Å². The number of nitrogens with zero attached hydrogens (tertiary/aromatic N) is 2. The SMILES string of the molecule is CCCNC(=O)[C@@H](C)NC(=O)c1cc(C2CC2)nn1-c1ccccc1. The van der Waals surface area contributed by atoms with Crippen LogP contribution in [0.3, 0.4) is 0 Å². The molecule has 1 aliphatic carbocycles. The zero-order chi connectivity index (χ0) is 17.8. The summed E-state index contributed by atoms with van der Waals surface area (Å²) in [5.74, 6) is -0.0208. The predicted octanol–water partition coefficient (Wildman–Crippen LogP) is 2.39. The zero-order valence-electron chi connectivity index (χ0n) is 14.7. The molecule has 1 saturated carbocycles. The van der Waals surface area contributed by atoms with Crippen LogP contribution in [-0.4, -0.2) is 34.2 Å². The molecule has 25 heavy (non-hydrogen) atoms. The Morgan fingerprint density at radius 1 is 1.28 bits per heavy atom. The molecule has 6 heteroatoms. The number of nitrogens with one attached hydrogen (secondary N) is 2. The third-order valence-electron chi connectivity index (χ3n) is 4.25. The molecule has 6 nitrogen and oxygen atoms in total. The lowest BCUT2D eigenvalue weighted by molar-refractivity contribution is -0.122. The molecule has 0 radical (unpaired) electrons. The van der Waals surface area contributed by atoms with Gasteiger partial charge in [-0.1, -0.05) is 25.1 Å². The minimum absolute atomic E-state index is 0.177. The van der Waals surface area contributed by atoms with Crippen LogP contribution in [-0.2, 0) is 4.79 Å². The van der Waals surface area contributed by atoms with Gasteiger partial charge in [-0.3, -0.25) is 9.59 Å². The molecule has 2 amide bonds. The van der Waals surface area contributed by atoms with E-state index in [4.69, 9.17) is 0 Å². The van der Waals surface area contributed by atoms with Gasteiger partial charge in [0.2, 0.25) is 5.91 Å². The Morgan fingerprint density at radius 3 is 2.64 bits per heavy atom. The number of carbonyl (C=O) groups is 2. The average molecular weight is 340 g/mol. The number of carbonyl (C=O) groups excluding carboxylic acids is 2. The maximum atomic E-state index is 12.7. The number of hydrogen-bond acceptors (Lipinski definition) is 3. The molecule has 0 bridgehead atoms. The van der Waals surface area contributed by atoms with Gasteiger partial charge >= 0.3 is 0 Å². The average Bonchev–Trinajstić information content (AvgIpc) is 3.38. The van der Waals surface area contributed by atoms with Crippen molar-refractivity contribution in [3.63, 3.8) is 0 Å². The van der Waals surface area contributed by atoms with E-state index >= 15 is 0 Å². The summed E-state index contributed by atoms with van der Waals surface area (Å²) in [6.07, 6.45) is 3.09. The van der Waals surface area contributed by atoms with Crippen molar-refractivity contribution in [2.75, 3.05) is 6.54 Å². The summed E-state index contributed by atoms with van der Waals surface area (Å²) in [7, 11) is 0. The van der Waals surface area contributed by atoms with Gasteiger partial charge in [-0.05, 0) is 44.4 Å². The number of para-hydroxylation sites is 1. The van der Waals surface area contributed by atoms with E-state index in [0.29, 0.717) is 18.2 Å². The van der Waals surface area contributed by atoms with Crippen LogP contribution in [0.25, 0.3) is 5.69 Å². The fraction of sp³-hybridized carbons (Fsp3) is 0.421. The molecule has 0 saturated heterocycles. The molecule has 2 N–H and O–H groups in total. The Labute approximate surface area is 147 Å². The third kappa shape index (κ3) is 4.07. The first-order valence-electron chi connectivity index (χ1n) is 8.84. The summed E-state index contributed by atoms with van der Waals surface area (Å²) in [6.45, 7) is 4.28. The monoisotopic (exact) mass is 340 g/mol. The van der Waals surface area contributed by atoms with Gasteiger partial charge in [0.1, 0.15) is 11.7 Å². The molecular formula is C19H24N4O2. The number of amides is 2. The largest absolute Gasteiger partial charge is 0.354 e. The van der Waals surface area contributed by atoms with Crippen molar-refractivity contribution in [1.82, 2.24) is 20.4 Å². The molecule has 0 aliphatic heterocycles. The zero-order valence-corrected chi connectivity index (χ0v) is 14.7. The molecular weight excluding hydrogens is 316 g/mol. The van der Waals surface area contributed by atoms with E-state index < -0.39 is 6.04 Å². The smallest absolute Gasteiger partial charge is 0.270 e. The summed E-state index contributed by atoms with van der Waals surface area (Å²) >= 11 is 0. The molecule has 1 fully saturated rings. The van der Waals surface area contributed by atoms with Gasteiger partial charge < -0.3 is 10.6 Å². The molecule has 0 unspecified atom stereocenters. The van der Waals surface area contributed by atoms with Gasteiger partial charge in [0.25, 0.3) is 5.91 Å². The van der Waals surface area contributed by atoms with Crippen LogP contribution in [0.1, 0.15) is 55.2 Å². The van der Waals surface area contributed by atoms with Crippen molar-refractivity contribution >= 4 is 11.8 Å². The Kier molecular flexibility index (Phi) is 5.16. The second-order valence-corrected chi connectivity index (χ2v) is 6.46. The minimum atomic E-state index is -0.595. The highest BCUT2D eigenvalue weighted by molar-refractivity contribution is 5.96. The molecule has 1 aliphatic rings. The Morgan fingerprint density at radius 2 is 2.00 bits per heavy atom. The summed E-state index contributed by atoms with van der Waals surface area (Å²) in [5.41, 5.74) is 2.24. The van der Waals surface area contributed by atoms with Gasteiger partial charge in [-0.25, -0.2) is 4.68 Å². The van der Waals surface area contributed by atoms with Crippen LogP contribution in [0.15, 0.2) is 36.4 Å². The first kappa shape index (κ1) is 17.2. The Balaban J connectivity index is 1.80. The number of hydrogen-bond donors (Lipinski definition) is 2. The maximum Gasteiger partial charge on any atom is 0.270 e. The highest BCUT2D eigenvalue weighted by atomic mass is 16.2. The molecule has 0 spiro atoms.